The Morgan fingerprint density at radius 2 is 0.897 bits per heavy atom. The second-order valence-corrected chi connectivity index (χ2v) is 4.06. The monoisotopic (exact) mass is 452 g/mol. The third kappa shape index (κ3) is 74.5. The van der Waals surface area contributed by atoms with Crippen molar-refractivity contribution in [3.63, 3.8) is 0 Å². The molecule has 14 N–H and O–H groups in total. The van der Waals surface area contributed by atoms with E-state index in [0.717, 1.165) is 6.42 Å². The highest BCUT2D eigenvalue weighted by Crippen LogP contribution is 1.87. The fraction of sp³-hybridized carbons (Fsp3) is 1.00. The Labute approximate surface area is 175 Å². The van der Waals surface area contributed by atoms with Crippen molar-refractivity contribution in [3.8, 4) is 0 Å². The number of ether oxygens (including phenoxy) is 1. The summed E-state index contributed by atoms with van der Waals surface area (Å²) >= 11 is 0. The maximum absolute atomic E-state index is 8.72. The molecule has 1 unspecified atom stereocenters. The van der Waals surface area contributed by atoms with Gasteiger partial charge in [-0.25, -0.2) is 4.89 Å². The number of hydrogen-bond acceptors (Lipinski definition) is 10. The summed E-state index contributed by atoms with van der Waals surface area (Å²) in [7, 11) is 0. The summed E-state index contributed by atoms with van der Waals surface area (Å²) in [5.41, 5.74) is 0. The van der Waals surface area contributed by atoms with Crippen LogP contribution in [0.2, 0.25) is 0 Å². The molecule has 0 saturated carbocycles. The zero-order valence-corrected chi connectivity index (χ0v) is 14.3. The summed E-state index contributed by atoms with van der Waals surface area (Å²) in [6.45, 7) is 0.842. The molecule has 0 aliphatic heterocycles. The molecule has 0 aromatic carbocycles. The topological polar surface area (TPSA) is 275 Å². The Bertz CT molecular complexity index is 174. The third-order valence-corrected chi connectivity index (χ3v) is 1.76. The standard InChI is InChI=1S/C6H14O5.C3H8O3.C3H8O2.4CH4.3H2O/c7-1-5(9)3-11-4-6(10)2-8;4-1-3(6)2-5;1-2-3-5-4;;;;;;;/h5-10H,1-4H2;3-6H,1-2H2;4H,2-3H2,1H3;4*1H4;3*1H2/t5-,6?;;;;;;;;;/m1........./s1. The molecule has 0 bridgehead atoms. The Balaban J connectivity index is -0.0000000223. The molecule has 0 fully saturated rings. The van der Waals surface area contributed by atoms with E-state index in [1.165, 1.54) is 0 Å². The van der Waals surface area contributed by atoms with Crippen LogP contribution in [0.1, 0.15) is 43.1 Å². The quantitative estimate of drug-likeness (QED) is 0.123. The average molecular weight is 453 g/mol. The first-order valence-electron chi connectivity index (χ1n) is 6.74. The van der Waals surface area contributed by atoms with Gasteiger partial charge in [-0.05, 0) is 6.42 Å². The van der Waals surface area contributed by atoms with Crippen LogP contribution in [0, 0.1) is 0 Å². The highest BCUT2D eigenvalue weighted by atomic mass is 17.1. The van der Waals surface area contributed by atoms with Crippen LogP contribution in [-0.2, 0) is 9.62 Å². The zero-order valence-electron chi connectivity index (χ0n) is 14.3. The van der Waals surface area contributed by atoms with Crippen LogP contribution in [0.3, 0.4) is 0 Å². The predicted molar refractivity (Wildman–Crippen MR) is 114 cm³/mol. The minimum Gasteiger partial charge on any atom is -0.412 e. The molecule has 0 amide bonds. The highest BCUT2D eigenvalue weighted by Gasteiger charge is 2.04. The van der Waals surface area contributed by atoms with E-state index < -0.39 is 18.3 Å². The first-order chi connectivity index (χ1) is 10.4. The van der Waals surface area contributed by atoms with E-state index in [1.807, 2.05) is 6.92 Å². The van der Waals surface area contributed by atoms with Crippen molar-refractivity contribution in [2.75, 3.05) is 46.2 Å². The minimum atomic E-state index is -0.954. The van der Waals surface area contributed by atoms with E-state index in [1.54, 1.807) is 0 Å². The lowest BCUT2D eigenvalue weighted by molar-refractivity contribution is -0.241. The lowest BCUT2D eigenvalue weighted by Gasteiger charge is -2.10. The van der Waals surface area contributed by atoms with Gasteiger partial charge in [0.2, 0.25) is 0 Å². The second-order valence-electron chi connectivity index (χ2n) is 4.06. The van der Waals surface area contributed by atoms with Crippen LogP contribution in [0.25, 0.3) is 0 Å². The second kappa shape index (κ2) is 56.4. The van der Waals surface area contributed by atoms with Gasteiger partial charge in [0.05, 0.1) is 46.2 Å². The van der Waals surface area contributed by atoms with Crippen molar-refractivity contribution in [1.82, 2.24) is 0 Å². The van der Waals surface area contributed by atoms with E-state index in [4.69, 9.17) is 45.7 Å². The normalized spacial score (nSPS) is 9.72. The Morgan fingerprint density at radius 1 is 0.621 bits per heavy atom. The smallest absolute Gasteiger partial charge is 0.100 e. The van der Waals surface area contributed by atoms with Crippen molar-refractivity contribution in [1.29, 1.82) is 0 Å². The van der Waals surface area contributed by atoms with Crippen LogP contribution in [-0.4, -0.2) is 122 Å². The van der Waals surface area contributed by atoms with E-state index in [9.17, 15) is 0 Å². The van der Waals surface area contributed by atoms with Crippen molar-refractivity contribution < 1.29 is 67.1 Å². The molecule has 194 valence electrons. The van der Waals surface area contributed by atoms with Gasteiger partial charge in [-0.3, -0.25) is 5.26 Å². The number of rotatable bonds is 10. The first-order valence-corrected chi connectivity index (χ1v) is 6.74. The van der Waals surface area contributed by atoms with Crippen LogP contribution in [0.15, 0.2) is 0 Å². The van der Waals surface area contributed by atoms with Crippen LogP contribution >= 0.6 is 0 Å². The number of aliphatic hydroxyl groups excluding tert-OH is 7. The van der Waals surface area contributed by atoms with Crippen LogP contribution in [0.5, 0.6) is 0 Å². The summed E-state index contributed by atoms with van der Waals surface area (Å²) in [5.74, 6) is 0. The SMILES string of the molecule is C.C.C.C.CCCOO.O.O.O.OCC(O)CO.OCC(O)COC[C@H](O)CO. The van der Waals surface area contributed by atoms with Gasteiger partial charge >= 0.3 is 0 Å². The molecule has 29 heavy (non-hydrogen) atoms. The molecule has 0 aliphatic rings. The van der Waals surface area contributed by atoms with Crippen molar-refractivity contribution in [3.05, 3.63) is 0 Å². The molecular formula is C16H52O13. The Kier molecular flexibility index (Phi) is 123. The van der Waals surface area contributed by atoms with E-state index in [2.05, 4.69) is 4.89 Å². The summed E-state index contributed by atoms with van der Waals surface area (Å²) in [4.78, 5) is 3.69. The van der Waals surface area contributed by atoms with Gasteiger partial charge in [0.15, 0.2) is 0 Å². The highest BCUT2D eigenvalue weighted by molar-refractivity contribution is 4.52. The van der Waals surface area contributed by atoms with Crippen LogP contribution < -0.4 is 0 Å². The maximum atomic E-state index is 8.72. The van der Waals surface area contributed by atoms with Gasteiger partial charge in [-0.2, -0.15) is 0 Å². The Hall–Kier alpha value is -0.520. The third-order valence-electron chi connectivity index (χ3n) is 1.76. The van der Waals surface area contributed by atoms with E-state index in [-0.39, 0.29) is 85.8 Å². The molecule has 2 atom stereocenters. The molecular weight excluding hydrogens is 400 g/mol. The molecule has 0 radical (unpaired) electrons. The number of aliphatic hydroxyl groups is 7. The molecule has 0 saturated heterocycles. The van der Waals surface area contributed by atoms with Gasteiger partial charge in [0.25, 0.3) is 0 Å². The molecule has 0 aliphatic carbocycles. The van der Waals surface area contributed by atoms with Gasteiger partial charge in [0, 0.05) is 0 Å². The fourth-order valence-electron chi connectivity index (χ4n) is 0.595. The largest absolute Gasteiger partial charge is 0.412 e. The summed E-state index contributed by atoms with van der Waals surface area (Å²) < 4.78 is 4.72. The van der Waals surface area contributed by atoms with Crippen molar-refractivity contribution in [2.24, 2.45) is 0 Å². The van der Waals surface area contributed by atoms with Gasteiger partial charge in [-0.1, -0.05) is 36.6 Å². The van der Waals surface area contributed by atoms with E-state index in [0.29, 0.717) is 6.61 Å². The molecule has 0 aromatic heterocycles. The summed E-state index contributed by atoms with van der Waals surface area (Å²) in [6, 6.07) is 0. The van der Waals surface area contributed by atoms with Gasteiger partial charge < -0.3 is 56.9 Å². The Morgan fingerprint density at radius 3 is 1.00 bits per heavy atom. The maximum Gasteiger partial charge on any atom is 0.100 e. The molecule has 0 heterocycles. The van der Waals surface area contributed by atoms with Crippen LogP contribution in [0.4, 0.5) is 0 Å². The van der Waals surface area contributed by atoms with Crippen molar-refractivity contribution >= 4 is 0 Å². The lowest BCUT2D eigenvalue weighted by atomic mass is 10.4. The minimum absolute atomic E-state index is 0. The summed E-state index contributed by atoms with van der Waals surface area (Å²) in [6.07, 6.45) is -1.91. The summed E-state index contributed by atoms with van der Waals surface area (Å²) in [5, 5.41) is 65.7. The fourth-order valence-corrected chi connectivity index (χ4v) is 0.595. The lowest BCUT2D eigenvalue weighted by Crippen LogP contribution is -2.25. The average Bonchev–Trinajstić information content (AvgIpc) is 2.55. The zero-order chi connectivity index (χ0) is 17.8. The molecule has 0 aromatic rings. The predicted octanol–water partition coefficient (Wildman–Crippen LogP) is -3.00. The first kappa shape index (κ1) is 63.0. The van der Waals surface area contributed by atoms with Gasteiger partial charge in [0.1, 0.15) is 18.3 Å². The molecule has 13 heteroatoms. The van der Waals surface area contributed by atoms with Gasteiger partial charge in [-0.15, -0.1) is 0 Å². The van der Waals surface area contributed by atoms with E-state index >= 15 is 0 Å². The number of hydrogen-bond donors (Lipinski definition) is 8. The molecule has 0 rings (SSSR count). The van der Waals surface area contributed by atoms with Crippen molar-refractivity contribution in [2.45, 2.75) is 61.4 Å². The molecule has 0 spiro atoms. The molecule has 13 nitrogen and oxygen atoms in total.